The summed E-state index contributed by atoms with van der Waals surface area (Å²) in [7, 11) is 1.58. The quantitative estimate of drug-likeness (QED) is 0.727. The molecule has 5 nitrogen and oxygen atoms in total. The van der Waals surface area contributed by atoms with Crippen LogP contribution < -0.4 is 9.47 Å². The van der Waals surface area contributed by atoms with Gasteiger partial charge >= 0.3 is 0 Å². The van der Waals surface area contributed by atoms with Crippen LogP contribution >= 0.6 is 0 Å². The zero-order valence-corrected chi connectivity index (χ0v) is 11.0. The average molecular weight is 267 g/mol. The van der Waals surface area contributed by atoms with Crippen LogP contribution in [0.15, 0.2) is 48.7 Å². The Morgan fingerprint density at radius 3 is 2.70 bits per heavy atom. The summed E-state index contributed by atoms with van der Waals surface area (Å²) in [5.41, 5.74) is 1.71. The molecule has 0 fully saturated rings. The van der Waals surface area contributed by atoms with Crippen molar-refractivity contribution in [2.75, 3.05) is 7.11 Å². The van der Waals surface area contributed by atoms with E-state index in [9.17, 15) is 0 Å². The van der Waals surface area contributed by atoms with Crippen LogP contribution in [0.2, 0.25) is 0 Å². The number of aromatic nitrogens is 3. The van der Waals surface area contributed by atoms with Gasteiger partial charge in [0.05, 0.1) is 13.3 Å². The van der Waals surface area contributed by atoms with E-state index in [1.54, 1.807) is 19.4 Å². The molecule has 0 atom stereocenters. The van der Waals surface area contributed by atoms with Crippen molar-refractivity contribution in [3.8, 4) is 11.8 Å². The molecule has 100 valence electrons. The van der Waals surface area contributed by atoms with Gasteiger partial charge in [0.2, 0.25) is 5.88 Å². The Kier molecular flexibility index (Phi) is 3.41. The molecule has 0 saturated heterocycles. The van der Waals surface area contributed by atoms with Crippen LogP contribution in [0.3, 0.4) is 0 Å². The van der Waals surface area contributed by atoms with Gasteiger partial charge in [0.25, 0.3) is 5.88 Å². The summed E-state index contributed by atoms with van der Waals surface area (Å²) in [6.45, 7) is 0.424. The van der Waals surface area contributed by atoms with Gasteiger partial charge in [-0.25, -0.2) is 4.98 Å². The zero-order chi connectivity index (χ0) is 13.8. The predicted molar refractivity (Wildman–Crippen MR) is 74.7 cm³/mol. The Hall–Kier alpha value is -2.69. The molecule has 2 heterocycles. The average Bonchev–Trinajstić information content (AvgIpc) is 2.53. The third-order valence-electron chi connectivity index (χ3n) is 2.88. The number of benzene rings is 1. The molecule has 5 heteroatoms. The summed E-state index contributed by atoms with van der Waals surface area (Å²) in [4.78, 5) is 4.36. The molecule has 0 spiro atoms. The maximum Gasteiger partial charge on any atom is 0.260 e. The number of rotatable bonds is 4. The molecule has 3 aromatic rings. The summed E-state index contributed by atoms with van der Waals surface area (Å²) in [5, 5.41) is 8.80. The van der Waals surface area contributed by atoms with Crippen LogP contribution in [0.25, 0.3) is 10.9 Å². The molecule has 2 aromatic heterocycles. The molecule has 20 heavy (non-hydrogen) atoms. The predicted octanol–water partition coefficient (Wildman–Crippen LogP) is 2.61. The highest BCUT2D eigenvalue weighted by molar-refractivity contribution is 5.82. The SMILES string of the molecule is COc1ccc2cnnc(OCc3ccccc3)c2n1. The van der Waals surface area contributed by atoms with Gasteiger partial charge in [0, 0.05) is 11.5 Å². The first-order chi connectivity index (χ1) is 9.86. The molecule has 0 aliphatic heterocycles. The molecular formula is C15H13N3O2. The van der Waals surface area contributed by atoms with Crippen molar-refractivity contribution in [3.63, 3.8) is 0 Å². The van der Waals surface area contributed by atoms with Crippen molar-refractivity contribution < 1.29 is 9.47 Å². The van der Waals surface area contributed by atoms with E-state index < -0.39 is 0 Å². The number of hydrogen-bond acceptors (Lipinski definition) is 5. The van der Waals surface area contributed by atoms with Gasteiger partial charge in [-0.1, -0.05) is 30.3 Å². The normalized spacial score (nSPS) is 10.4. The summed E-state index contributed by atoms with van der Waals surface area (Å²) >= 11 is 0. The third kappa shape index (κ3) is 2.51. The lowest BCUT2D eigenvalue weighted by molar-refractivity contribution is 0.293. The first-order valence-electron chi connectivity index (χ1n) is 6.20. The van der Waals surface area contributed by atoms with Crippen LogP contribution in [0.1, 0.15) is 5.56 Å². The second kappa shape index (κ2) is 5.52. The molecule has 0 radical (unpaired) electrons. The van der Waals surface area contributed by atoms with E-state index in [2.05, 4.69) is 15.2 Å². The molecule has 0 amide bonds. The minimum absolute atomic E-state index is 0.408. The molecular weight excluding hydrogens is 254 g/mol. The minimum Gasteiger partial charge on any atom is -0.481 e. The van der Waals surface area contributed by atoms with E-state index in [0.717, 1.165) is 10.9 Å². The lowest BCUT2D eigenvalue weighted by Crippen LogP contribution is -2.00. The van der Waals surface area contributed by atoms with Gasteiger partial charge in [-0.2, -0.15) is 5.10 Å². The number of pyridine rings is 1. The van der Waals surface area contributed by atoms with Crippen molar-refractivity contribution in [2.24, 2.45) is 0 Å². The van der Waals surface area contributed by atoms with Crippen molar-refractivity contribution >= 4 is 10.9 Å². The minimum atomic E-state index is 0.408. The molecule has 0 unspecified atom stereocenters. The zero-order valence-electron chi connectivity index (χ0n) is 11.0. The maximum absolute atomic E-state index is 5.71. The van der Waals surface area contributed by atoms with Crippen molar-refractivity contribution in [2.45, 2.75) is 6.61 Å². The van der Waals surface area contributed by atoms with E-state index in [1.807, 2.05) is 36.4 Å². The second-order valence-corrected chi connectivity index (χ2v) is 4.22. The van der Waals surface area contributed by atoms with E-state index >= 15 is 0 Å². The van der Waals surface area contributed by atoms with Crippen LogP contribution in [0, 0.1) is 0 Å². The molecule has 0 bridgehead atoms. The van der Waals surface area contributed by atoms with E-state index in [0.29, 0.717) is 23.9 Å². The standard InChI is InChI=1S/C15H13N3O2/c1-19-13-8-7-12-9-16-18-15(14(12)17-13)20-10-11-5-3-2-4-6-11/h2-9H,10H2,1H3. The monoisotopic (exact) mass is 267 g/mol. The Balaban J connectivity index is 1.90. The number of methoxy groups -OCH3 is 1. The summed E-state index contributed by atoms with van der Waals surface area (Å²) < 4.78 is 10.8. The first kappa shape index (κ1) is 12.3. The van der Waals surface area contributed by atoms with E-state index in [1.165, 1.54) is 0 Å². The number of hydrogen-bond donors (Lipinski definition) is 0. The van der Waals surface area contributed by atoms with Crippen molar-refractivity contribution in [3.05, 3.63) is 54.2 Å². The largest absolute Gasteiger partial charge is 0.481 e. The Bertz CT molecular complexity index is 717. The van der Waals surface area contributed by atoms with Crippen molar-refractivity contribution in [1.82, 2.24) is 15.2 Å². The fraction of sp³-hybridized carbons (Fsp3) is 0.133. The van der Waals surface area contributed by atoms with Gasteiger partial charge in [-0.15, -0.1) is 5.10 Å². The number of nitrogens with zero attached hydrogens (tertiary/aromatic N) is 3. The Morgan fingerprint density at radius 2 is 1.90 bits per heavy atom. The molecule has 0 saturated carbocycles. The third-order valence-corrected chi connectivity index (χ3v) is 2.88. The summed E-state index contributed by atoms with van der Waals surface area (Å²) in [6, 6.07) is 13.5. The topological polar surface area (TPSA) is 57.1 Å². The van der Waals surface area contributed by atoms with Gasteiger partial charge in [0.15, 0.2) is 0 Å². The lowest BCUT2D eigenvalue weighted by Gasteiger charge is -2.07. The highest BCUT2D eigenvalue weighted by Gasteiger charge is 2.08. The maximum atomic E-state index is 5.71. The summed E-state index contributed by atoms with van der Waals surface area (Å²) in [5.74, 6) is 0.931. The lowest BCUT2D eigenvalue weighted by atomic mass is 10.2. The highest BCUT2D eigenvalue weighted by Crippen LogP contribution is 2.23. The van der Waals surface area contributed by atoms with Gasteiger partial charge in [-0.05, 0) is 11.6 Å². The highest BCUT2D eigenvalue weighted by atomic mass is 16.5. The van der Waals surface area contributed by atoms with Gasteiger partial charge in [0.1, 0.15) is 12.1 Å². The van der Waals surface area contributed by atoms with Crippen LogP contribution in [-0.4, -0.2) is 22.3 Å². The number of fused-ring (bicyclic) bond motifs is 1. The van der Waals surface area contributed by atoms with Crippen molar-refractivity contribution in [1.29, 1.82) is 0 Å². The van der Waals surface area contributed by atoms with E-state index in [4.69, 9.17) is 9.47 Å². The van der Waals surface area contributed by atoms with Crippen LogP contribution in [0.4, 0.5) is 0 Å². The Morgan fingerprint density at radius 1 is 1.05 bits per heavy atom. The molecule has 0 aliphatic rings. The molecule has 0 aliphatic carbocycles. The van der Waals surface area contributed by atoms with Crippen LogP contribution in [-0.2, 0) is 6.61 Å². The molecule has 0 N–H and O–H groups in total. The van der Waals surface area contributed by atoms with Gasteiger partial charge in [-0.3, -0.25) is 0 Å². The van der Waals surface area contributed by atoms with E-state index in [-0.39, 0.29) is 0 Å². The second-order valence-electron chi connectivity index (χ2n) is 4.22. The molecule has 3 rings (SSSR count). The number of ether oxygens (including phenoxy) is 2. The fourth-order valence-electron chi connectivity index (χ4n) is 1.86. The fourth-order valence-corrected chi connectivity index (χ4v) is 1.86. The van der Waals surface area contributed by atoms with Gasteiger partial charge < -0.3 is 9.47 Å². The smallest absolute Gasteiger partial charge is 0.260 e. The summed E-state index contributed by atoms with van der Waals surface area (Å²) in [6.07, 6.45) is 1.65. The molecule has 1 aromatic carbocycles. The first-order valence-corrected chi connectivity index (χ1v) is 6.20. The Labute approximate surface area is 116 Å². The van der Waals surface area contributed by atoms with Crippen LogP contribution in [0.5, 0.6) is 11.8 Å².